The molecular weight excluding hydrogens is 306 g/mol. The van der Waals surface area contributed by atoms with Crippen LogP contribution >= 0.6 is 11.6 Å². The van der Waals surface area contributed by atoms with Crippen LogP contribution in [0.5, 0.6) is 5.75 Å². The minimum Gasteiger partial charge on any atom is -0.493 e. The minimum absolute atomic E-state index is 0.0962. The molecule has 0 heterocycles. The van der Waals surface area contributed by atoms with Gasteiger partial charge in [0.25, 0.3) is 5.91 Å². The van der Waals surface area contributed by atoms with Gasteiger partial charge in [-0.15, -0.1) is 0 Å². The van der Waals surface area contributed by atoms with Crippen LogP contribution in [0.1, 0.15) is 27.6 Å². The van der Waals surface area contributed by atoms with E-state index in [4.69, 9.17) is 21.4 Å². The molecule has 0 aliphatic rings. The topological polar surface area (TPSA) is 75.6 Å². The molecule has 2 rings (SSSR count). The summed E-state index contributed by atoms with van der Waals surface area (Å²) >= 11 is 5.90. The van der Waals surface area contributed by atoms with Gasteiger partial charge in [0, 0.05) is 10.7 Å². The van der Waals surface area contributed by atoms with E-state index in [0.29, 0.717) is 28.6 Å². The van der Waals surface area contributed by atoms with Crippen LogP contribution in [0, 0.1) is 0 Å². The lowest BCUT2D eigenvalue weighted by Gasteiger charge is -2.11. The van der Waals surface area contributed by atoms with Crippen molar-refractivity contribution < 1.29 is 19.4 Å². The van der Waals surface area contributed by atoms with Crippen molar-refractivity contribution in [3.63, 3.8) is 0 Å². The van der Waals surface area contributed by atoms with Crippen molar-refractivity contribution >= 4 is 29.2 Å². The molecule has 0 atom stereocenters. The molecule has 1 amide bonds. The highest BCUT2D eigenvalue weighted by Gasteiger charge is 2.14. The summed E-state index contributed by atoms with van der Waals surface area (Å²) in [6.07, 6.45) is 0. The Hall–Kier alpha value is -2.53. The molecule has 0 aromatic heterocycles. The van der Waals surface area contributed by atoms with E-state index in [-0.39, 0.29) is 5.56 Å². The van der Waals surface area contributed by atoms with Crippen LogP contribution in [0.2, 0.25) is 5.02 Å². The molecule has 0 radical (unpaired) electrons. The number of nitrogens with one attached hydrogen (secondary N) is 1. The van der Waals surface area contributed by atoms with Crippen molar-refractivity contribution in [1.82, 2.24) is 0 Å². The molecule has 0 saturated heterocycles. The van der Waals surface area contributed by atoms with Gasteiger partial charge in [-0.25, -0.2) is 4.79 Å². The molecule has 0 unspecified atom stereocenters. The van der Waals surface area contributed by atoms with Crippen LogP contribution in [0.3, 0.4) is 0 Å². The maximum Gasteiger partial charge on any atom is 0.335 e. The van der Waals surface area contributed by atoms with Gasteiger partial charge in [-0.2, -0.15) is 0 Å². The Bertz CT molecular complexity index is 715. The summed E-state index contributed by atoms with van der Waals surface area (Å²) in [5.74, 6) is -1.08. The van der Waals surface area contributed by atoms with Crippen molar-refractivity contribution in [1.29, 1.82) is 0 Å². The lowest BCUT2D eigenvalue weighted by Crippen LogP contribution is -2.14. The van der Waals surface area contributed by atoms with Crippen molar-refractivity contribution in [2.24, 2.45) is 0 Å². The van der Waals surface area contributed by atoms with Gasteiger partial charge in [-0.1, -0.05) is 17.7 Å². The third-order valence-corrected chi connectivity index (χ3v) is 3.09. The molecule has 0 aliphatic carbocycles. The Morgan fingerprint density at radius 3 is 2.68 bits per heavy atom. The van der Waals surface area contributed by atoms with Crippen LogP contribution in [0.15, 0.2) is 42.5 Å². The van der Waals surface area contributed by atoms with Crippen molar-refractivity contribution in [2.75, 3.05) is 11.9 Å². The van der Waals surface area contributed by atoms with E-state index in [1.165, 1.54) is 12.1 Å². The normalized spacial score (nSPS) is 10.1. The van der Waals surface area contributed by atoms with E-state index in [1.54, 1.807) is 37.3 Å². The average Bonchev–Trinajstić information content (AvgIpc) is 2.48. The number of ether oxygens (including phenoxy) is 1. The zero-order valence-electron chi connectivity index (χ0n) is 11.8. The summed E-state index contributed by atoms with van der Waals surface area (Å²) in [5.41, 5.74) is 0.813. The molecular formula is C16H14ClNO4. The van der Waals surface area contributed by atoms with Gasteiger partial charge in [-0.3, -0.25) is 4.79 Å². The monoisotopic (exact) mass is 319 g/mol. The number of hydrogen-bond acceptors (Lipinski definition) is 3. The highest BCUT2D eigenvalue weighted by atomic mass is 35.5. The van der Waals surface area contributed by atoms with Crippen LogP contribution in [0.25, 0.3) is 0 Å². The second-order valence-electron chi connectivity index (χ2n) is 4.41. The number of anilines is 1. The summed E-state index contributed by atoms with van der Waals surface area (Å²) in [4.78, 5) is 23.3. The second-order valence-corrected chi connectivity index (χ2v) is 4.85. The lowest BCUT2D eigenvalue weighted by atomic mass is 10.1. The van der Waals surface area contributed by atoms with E-state index in [2.05, 4.69) is 5.32 Å². The van der Waals surface area contributed by atoms with E-state index in [1.807, 2.05) is 0 Å². The van der Waals surface area contributed by atoms with Gasteiger partial charge in [0.1, 0.15) is 5.75 Å². The van der Waals surface area contributed by atoms with Gasteiger partial charge in [0.15, 0.2) is 0 Å². The maximum atomic E-state index is 12.3. The van der Waals surface area contributed by atoms with Gasteiger partial charge >= 0.3 is 5.97 Å². The molecule has 0 fully saturated rings. The summed E-state index contributed by atoms with van der Waals surface area (Å²) in [6, 6.07) is 10.7. The molecule has 2 aromatic rings. The van der Waals surface area contributed by atoms with E-state index in [0.717, 1.165) is 0 Å². The molecule has 6 heteroatoms. The van der Waals surface area contributed by atoms with Crippen LogP contribution < -0.4 is 10.1 Å². The highest BCUT2D eigenvalue weighted by molar-refractivity contribution is 6.31. The number of carbonyl (C=O) groups is 2. The van der Waals surface area contributed by atoms with E-state index < -0.39 is 11.9 Å². The fourth-order valence-corrected chi connectivity index (χ4v) is 2.05. The smallest absolute Gasteiger partial charge is 0.335 e. The molecule has 2 N–H and O–H groups in total. The fraction of sp³-hybridized carbons (Fsp3) is 0.125. The largest absolute Gasteiger partial charge is 0.493 e. The van der Waals surface area contributed by atoms with Gasteiger partial charge in [0.2, 0.25) is 0 Å². The second kappa shape index (κ2) is 6.95. The van der Waals surface area contributed by atoms with Gasteiger partial charge < -0.3 is 15.2 Å². The third kappa shape index (κ3) is 3.77. The number of aromatic carboxylic acids is 1. The Kier molecular flexibility index (Phi) is 5.01. The molecule has 114 valence electrons. The number of carbonyl (C=O) groups excluding carboxylic acids is 1. The molecule has 0 spiro atoms. The summed E-state index contributed by atoms with van der Waals surface area (Å²) in [5, 5.41) is 12.1. The first kappa shape index (κ1) is 15.9. The van der Waals surface area contributed by atoms with Crippen LogP contribution in [-0.2, 0) is 0 Å². The lowest BCUT2D eigenvalue weighted by molar-refractivity contribution is 0.0696. The van der Waals surface area contributed by atoms with Crippen LogP contribution in [-0.4, -0.2) is 23.6 Å². The quantitative estimate of drug-likeness (QED) is 0.881. The van der Waals surface area contributed by atoms with Crippen molar-refractivity contribution in [2.45, 2.75) is 6.92 Å². The Morgan fingerprint density at radius 2 is 2.00 bits per heavy atom. The minimum atomic E-state index is -1.06. The van der Waals surface area contributed by atoms with Gasteiger partial charge in [-0.05, 0) is 43.3 Å². The van der Waals surface area contributed by atoms with Crippen molar-refractivity contribution in [3.8, 4) is 5.75 Å². The zero-order valence-corrected chi connectivity index (χ0v) is 12.6. The predicted octanol–water partition coefficient (Wildman–Crippen LogP) is 3.69. The van der Waals surface area contributed by atoms with Crippen molar-refractivity contribution in [3.05, 3.63) is 58.6 Å². The summed E-state index contributed by atoms with van der Waals surface area (Å²) in [7, 11) is 0. The summed E-state index contributed by atoms with van der Waals surface area (Å²) in [6.45, 7) is 2.20. The molecule has 0 aliphatic heterocycles. The number of hydrogen-bond donors (Lipinski definition) is 2. The number of carboxylic acids is 1. The molecule has 0 bridgehead atoms. The number of benzene rings is 2. The first-order chi connectivity index (χ1) is 10.5. The molecule has 22 heavy (non-hydrogen) atoms. The number of amides is 1. The SMILES string of the molecule is CCOc1cc(Cl)ccc1C(=O)Nc1cccc(C(=O)O)c1. The number of rotatable bonds is 5. The Morgan fingerprint density at radius 1 is 1.23 bits per heavy atom. The standard InChI is InChI=1S/C16H14ClNO4/c1-2-22-14-9-11(17)6-7-13(14)15(19)18-12-5-3-4-10(8-12)16(20)21/h3-9H,2H2,1H3,(H,18,19)(H,20,21). The Labute approximate surface area is 132 Å². The van der Waals surface area contributed by atoms with Gasteiger partial charge in [0.05, 0.1) is 17.7 Å². The van der Waals surface area contributed by atoms with Crippen LogP contribution in [0.4, 0.5) is 5.69 Å². The molecule has 0 saturated carbocycles. The Balaban J connectivity index is 2.26. The molecule has 5 nitrogen and oxygen atoms in total. The molecule has 2 aromatic carbocycles. The zero-order chi connectivity index (χ0) is 16.1. The number of halogens is 1. The van der Waals surface area contributed by atoms with E-state index >= 15 is 0 Å². The first-order valence-corrected chi connectivity index (χ1v) is 6.96. The first-order valence-electron chi connectivity index (χ1n) is 6.58. The third-order valence-electron chi connectivity index (χ3n) is 2.86. The summed E-state index contributed by atoms with van der Waals surface area (Å²) < 4.78 is 5.40. The van der Waals surface area contributed by atoms with E-state index in [9.17, 15) is 9.59 Å². The maximum absolute atomic E-state index is 12.3. The highest BCUT2D eigenvalue weighted by Crippen LogP contribution is 2.24. The predicted molar refractivity (Wildman–Crippen MR) is 84.0 cm³/mol. The fourth-order valence-electron chi connectivity index (χ4n) is 1.89. The number of carboxylic acid groups (broad SMARTS) is 1. The average molecular weight is 320 g/mol.